The maximum Gasteiger partial charge on any atom is 0.359 e. The Labute approximate surface area is 145 Å². The second kappa shape index (κ2) is 7.53. The lowest BCUT2D eigenvalue weighted by atomic mass is 10.3. The van der Waals surface area contributed by atoms with Gasteiger partial charge in [-0.05, 0) is 18.2 Å². The number of ether oxygens (including phenoxy) is 1. The van der Waals surface area contributed by atoms with Crippen molar-refractivity contribution in [3.63, 3.8) is 0 Å². The summed E-state index contributed by atoms with van der Waals surface area (Å²) < 4.78 is 5.72. The highest BCUT2D eigenvalue weighted by Crippen LogP contribution is 2.27. The maximum absolute atomic E-state index is 11.8. The SMILES string of the molecule is Cn1nc(C(=O)OCC(=O)Nc2ccc(Cl)c([N+](=O)[O-])c2)ccc1=O. The van der Waals surface area contributed by atoms with Gasteiger partial charge in [0, 0.05) is 24.9 Å². The minimum Gasteiger partial charge on any atom is -0.451 e. The summed E-state index contributed by atoms with van der Waals surface area (Å²) in [6.07, 6.45) is 0. The highest BCUT2D eigenvalue weighted by atomic mass is 35.5. The van der Waals surface area contributed by atoms with Crippen LogP contribution in [-0.4, -0.2) is 33.2 Å². The van der Waals surface area contributed by atoms with E-state index >= 15 is 0 Å². The van der Waals surface area contributed by atoms with Crippen LogP contribution >= 0.6 is 11.6 Å². The van der Waals surface area contributed by atoms with Crippen molar-refractivity contribution in [2.75, 3.05) is 11.9 Å². The molecule has 1 aromatic heterocycles. The molecule has 0 aliphatic rings. The van der Waals surface area contributed by atoms with Gasteiger partial charge < -0.3 is 10.1 Å². The van der Waals surface area contributed by atoms with Crippen molar-refractivity contribution in [3.05, 3.63) is 61.5 Å². The number of nitrogens with one attached hydrogen (secondary N) is 1. The van der Waals surface area contributed by atoms with Crippen LogP contribution in [-0.2, 0) is 16.6 Å². The number of nitro benzene ring substituents is 1. The summed E-state index contributed by atoms with van der Waals surface area (Å²) in [6, 6.07) is 6.01. The summed E-state index contributed by atoms with van der Waals surface area (Å²) in [7, 11) is 1.36. The number of nitrogens with zero attached hydrogens (tertiary/aromatic N) is 3. The molecular weight excluding hydrogens is 356 g/mol. The molecule has 1 N–H and O–H groups in total. The molecule has 0 fully saturated rings. The number of anilines is 1. The number of amides is 1. The van der Waals surface area contributed by atoms with E-state index in [-0.39, 0.29) is 22.1 Å². The number of nitro groups is 1. The minimum absolute atomic E-state index is 0.0739. The van der Waals surface area contributed by atoms with Crippen molar-refractivity contribution in [2.45, 2.75) is 0 Å². The van der Waals surface area contributed by atoms with Crippen molar-refractivity contribution < 1.29 is 19.2 Å². The number of hydrogen-bond donors (Lipinski definition) is 1. The molecule has 0 bridgehead atoms. The molecule has 0 radical (unpaired) electrons. The Hall–Kier alpha value is -3.27. The molecule has 130 valence electrons. The van der Waals surface area contributed by atoms with E-state index in [1.165, 1.54) is 25.2 Å². The van der Waals surface area contributed by atoms with Crippen LogP contribution in [0.25, 0.3) is 0 Å². The normalized spacial score (nSPS) is 10.2. The van der Waals surface area contributed by atoms with Crippen molar-refractivity contribution in [1.82, 2.24) is 9.78 Å². The topological polar surface area (TPSA) is 133 Å². The summed E-state index contributed by atoms with van der Waals surface area (Å²) in [4.78, 5) is 44.8. The van der Waals surface area contributed by atoms with Crippen LogP contribution in [0.5, 0.6) is 0 Å². The van der Waals surface area contributed by atoms with Crippen LogP contribution in [0.4, 0.5) is 11.4 Å². The molecule has 0 atom stereocenters. The number of aryl methyl sites for hydroxylation is 1. The fourth-order valence-corrected chi connectivity index (χ4v) is 1.93. The van der Waals surface area contributed by atoms with E-state index in [9.17, 15) is 24.5 Å². The molecule has 1 amide bonds. The van der Waals surface area contributed by atoms with E-state index in [0.29, 0.717) is 0 Å². The molecule has 0 saturated carbocycles. The van der Waals surface area contributed by atoms with Crippen LogP contribution in [0.3, 0.4) is 0 Å². The van der Waals surface area contributed by atoms with Gasteiger partial charge in [0.25, 0.3) is 17.2 Å². The summed E-state index contributed by atoms with van der Waals surface area (Å²) in [5.41, 5.74) is -0.793. The van der Waals surface area contributed by atoms with Gasteiger partial charge in [0.1, 0.15) is 5.02 Å². The molecule has 2 aromatic rings. The zero-order valence-corrected chi connectivity index (χ0v) is 13.5. The number of halogens is 1. The molecule has 0 saturated heterocycles. The van der Waals surface area contributed by atoms with E-state index in [1.54, 1.807) is 0 Å². The minimum atomic E-state index is -0.896. The largest absolute Gasteiger partial charge is 0.451 e. The predicted octanol–water partition coefficient (Wildman–Crippen LogP) is 1.14. The average molecular weight is 367 g/mol. The lowest BCUT2D eigenvalue weighted by Gasteiger charge is -2.07. The molecule has 0 unspecified atom stereocenters. The Balaban J connectivity index is 1.97. The predicted molar refractivity (Wildman–Crippen MR) is 86.5 cm³/mol. The van der Waals surface area contributed by atoms with E-state index in [2.05, 4.69) is 10.4 Å². The van der Waals surface area contributed by atoms with Crippen molar-refractivity contribution >= 4 is 34.9 Å². The van der Waals surface area contributed by atoms with Gasteiger partial charge in [0.15, 0.2) is 12.3 Å². The van der Waals surface area contributed by atoms with Crippen LogP contribution in [0.2, 0.25) is 5.02 Å². The van der Waals surface area contributed by atoms with Gasteiger partial charge in [-0.15, -0.1) is 0 Å². The monoisotopic (exact) mass is 366 g/mol. The number of rotatable bonds is 5. The lowest BCUT2D eigenvalue weighted by molar-refractivity contribution is -0.384. The van der Waals surface area contributed by atoms with Crippen LogP contribution < -0.4 is 10.9 Å². The first-order chi connectivity index (χ1) is 11.8. The molecular formula is C14H11ClN4O6. The first-order valence-corrected chi connectivity index (χ1v) is 7.11. The Morgan fingerprint density at radius 2 is 2.08 bits per heavy atom. The maximum atomic E-state index is 11.8. The molecule has 25 heavy (non-hydrogen) atoms. The molecule has 0 aliphatic heterocycles. The second-order valence-electron chi connectivity index (χ2n) is 4.73. The number of carbonyl (C=O) groups is 2. The van der Waals surface area contributed by atoms with Gasteiger partial charge >= 0.3 is 5.97 Å². The average Bonchev–Trinajstić information content (AvgIpc) is 2.56. The Morgan fingerprint density at radius 1 is 1.36 bits per heavy atom. The lowest BCUT2D eigenvalue weighted by Crippen LogP contribution is -2.24. The molecule has 2 rings (SSSR count). The quantitative estimate of drug-likeness (QED) is 0.476. The number of carbonyl (C=O) groups excluding carboxylic acids is 2. The number of esters is 1. The molecule has 1 aromatic carbocycles. The summed E-state index contributed by atoms with van der Waals surface area (Å²) in [6.45, 7) is -0.639. The summed E-state index contributed by atoms with van der Waals surface area (Å²) >= 11 is 5.67. The second-order valence-corrected chi connectivity index (χ2v) is 5.14. The van der Waals surface area contributed by atoms with Crippen molar-refractivity contribution in [1.29, 1.82) is 0 Å². The van der Waals surface area contributed by atoms with Gasteiger partial charge in [-0.25, -0.2) is 9.48 Å². The van der Waals surface area contributed by atoms with Gasteiger partial charge in [0.2, 0.25) is 0 Å². The van der Waals surface area contributed by atoms with Gasteiger partial charge in [-0.2, -0.15) is 5.10 Å². The third-order valence-electron chi connectivity index (χ3n) is 2.93. The molecule has 0 aliphatic carbocycles. The number of hydrogen-bond acceptors (Lipinski definition) is 7. The van der Waals surface area contributed by atoms with Crippen molar-refractivity contribution in [2.24, 2.45) is 7.05 Å². The van der Waals surface area contributed by atoms with Gasteiger partial charge in [0.05, 0.1) is 4.92 Å². The Morgan fingerprint density at radius 3 is 2.72 bits per heavy atom. The van der Waals surface area contributed by atoms with Crippen LogP contribution in [0.15, 0.2) is 35.1 Å². The Kier molecular flexibility index (Phi) is 5.45. The first-order valence-electron chi connectivity index (χ1n) is 6.73. The standard InChI is InChI=1S/C14H11ClN4O6/c1-18-13(21)5-4-10(17-18)14(22)25-7-12(20)16-8-2-3-9(15)11(6-8)19(23)24/h2-6H,7H2,1H3,(H,16,20). The van der Waals surface area contributed by atoms with Crippen LogP contribution in [0.1, 0.15) is 10.5 Å². The zero-order chi connectivity index (χ0) is 18.6. The first kappa shape index (κ1) is 18.1. The summed E-state index contributed by atoms with van der Waals surface area (Å²) in [5.74, 6) is -1.61. The third kappa shape index (κ3) is 4.61. The highest BCUT2D eigenvalue weighted by Gasteiger charge is 2.16. The fraction of sp³-hybridized carbons (Fsp3) is 0.143. The number of aromatic nitrogens is 2. The molecule has 10 nitrogen and oxygen atoms in total. The molecule has 11 heteroatoms. The fourth-order valence-electron chi connectivity index (χ4n) is 1.74. The van der Waals surface area contributed by atoms with E-state index in [0.717, 1.165) is 16.8 Å². The van der Waals surface area contributed by atoms with Gasteiger partial charge in [-0.1, -0.05) is 11.6 Å². The van der Waals surface area contributed by atoms with E-state index in [1.807, 2.05) is 0 Å². The molecule has 1 heterocycles. The summed E-state index contributed by atoms with van der Waals surface area (Å²) in [5, 5.41) is 16.7. The zero-order valence-electron chi connectivity index (χ0n) is 12.8. The van der Waals surface area contributed by atoms with Crippen molar-refractivity contribution in [3.8, 4) is 0 Å². The van der Waals surface area contributed by atoms with Crippen LogP contribution in [0, 0.1) is 10.1 Å². The Bertz CT molecular complexity index is 910. The number of benzene rings is 1. The highest BCUT2D eigenvalue weighted by molar-refractivity contribution is 6.32. The van der Waals surface area contributed by atoms with Gasteiger partial charge in [-0.3, -0.25) is 19.7 Å². The van der Waals surface area contributed by atoms with E-state index in [4.69, 9.17) is 16.3 Å². The smallest absolute Gasteiger partial charge is 0.359 e. The molecule has 0 spiro atoms. The third-order valence-corrected chi connectivity index (χ3v) is 3.25. The van der Waals surface area contributed by atoms with E-state index < -0.39 is 29.0 Å².